The zero-order valence-electron chi connectivity index (χ0n) is 13.0. The molecule has 126 valence electrons. The Balaban J connectivity index is 2.09. The van der Waals surface area contributed by atoms with Gasteiger partial charge >= 0.3 is 6.09 Å². The van der Waals surface area contributed by atoms with Gasteiger partial charge in [0.2, 0.25) is 0 Å². The molecule has 3 rings (SSSR count). The second-order valence-electron chi connectivity index (χ2n) is 6.37. The van der Waals surface area contributed by atoms with Gasteiger partial charge in [-0.25, -0.2) is 9.18 Å². The van der Waals surface area contributed by atoms with Crippen molar-refractivity contribution in [3.05, 3.63) is 17.0 Å². The molecule has 2 N–H and O–H groups in total. The van der Waals surface area contributed by atoms with Crippen molar-refractivity contribution in [1.82, 2.24) is 19.6 Å². The largest absolute Gasteiger partial charge is 0.465 e. The first-order valence-corrected chi connectivity index (χ1v) is 7.39. The molecule has 0 aromatic carbocycles. The number of aliphatic hydroxyl groups excluding tert-OH is 1. The van der Waals surface area contributed by atoms with Crippen molar-refractivity contribution in [2.24, 2.45) is 0 Å². The van der Waals surface area contributed by atoms with Gasteiger partial charge in [0.1, 0.15) is 5.69 Å². The molecule has 0 radical (unpaired) electrons. The first-order chi connectivity index (χ1) is 10.8. The van der Waals surface area contributed by atoms with E-state index in [0.717, 1.165) is 0 Å². The van der Waals surface area contributed by atoms with Gasteiger partial charge in [0.25, 0.3) is 5.91 Å². The lowest BCUT2D eigenvalue weighted by Gasteiger charge is -2.31. The van der Waals surface area contributed by atoms with E-state index in [2.05, 4.69) is 5.10 Å². The molecule has 0 bridgehead atoms. The highest BCUT2D eigenvalue weighted by Gasteiger charge is 2.42. The van der Waals surface area contributed by atoms with Crippen LogP contribution in [0.15, 0.2) is 0 Å². The van der Waals surface area contributed by atoms with Crippen molar-refractivity contribution in [3.8, 4) is 0 Å². The normalized spacial score (nSPS) is 27.5. The number of carbonyl (C=O) groups excluding carboxylic acids is 1. The van der Waals surface area contributed by atoms with Gasteiger partial charge in [0.15, 0.2) is 5.67 Å². The fourth-order valence-corrected chi connectivity index (χ4v) is 3.30. The summed E-state index contributed by atoms with van der Waals surface area (Å²) in [6, 6.07) is -0.264. The van der Waals surface area contributed by atoms with E-state index in [-0.39, 0.29) is 31.4 Å². The molecule has 0 saturated carbocycles. The van der Waals surface area contributed by atoms with E-state index >= 15 is 0 Å². The second-order valence-corrected chi connectivity index (χ2v) is 6.37. The van der Waals surface area contributed by atoms with Crippen molar-refractivity contribution < 1.29 is 24.2 Å². The van der Waals surface area contributed by atoms with Crippen molar-refractivity contribution in [1.29, 1.82) is 0 Å². The van der Waals surface area contributed by atoms with E-state index in [1.807, 2.05) is 0 Å². The summed E-state index contributed by atoms with van der Waals surface area (Å²) in [6.45, 7) is 0.636. The van der Waals surface area contributed by atoms with Crippen LogP contribution in [0.1, 0.15) is 28.7 Å². The molecule has 0 spiro atoms. The molecule has 2 amide bonds. The van der Waals surface area contributed by atoms with Gasteiger partial charge in [0, 0.05) is 25.1 Å². The lowest BCUT2D eigenvalue weighted by molar-refractivity contribution is 0.0291. The Labute approximate surface area is 132 Å². The minimum absolute atomic E-state index is 0.0547. The molecule has 2 aliphatic heterocycles. The zero-order valence-corrected chi connectivity index (χ0v) is 13.0. The molecule has 1 unspecified atom stereocenters. The first kappa shape index (κ1) is 15.7. The number of aromatic nitrogens is 2. The standard InChI is InChI=1S/C14H19FN4O4/c1-8-3-10-9(4-18(8)13(22)23)11-12(21)17(2)5-14(15,7-20)6-19(11)16-10/h8,20H,3-7H2,1-2H3,(H,22,23)/t8-,14?/m1/s1. The summed E-state index contributed by atoms with van der Waals surface area (Å²) in [6.07, 6.45) is -0.690. The number of hydrogen-bond donors (Lipinski definition) is 2. The van der Waals surface area contributed by atoms with Crippen LogP contribution in [-0.4, -0.2) is 73.7 Å². The summed E-state index contributed by atoms with van der Waals surface area (Å²) in [4.78, 5) is 26.4. The molecule has 0 fully saturated rings. The van der Waals surface area contributed by atoms with Crippen molar-refractivity contribution in [2.45, 2.75) is 38.1 Å². The number of carboxylic acid groups (broad SMARTS) is 1. The minimum atomic E-state index is -1.97. The summed E-state index contributed by atoms with van der Waals surface area (Å²) in [7, 11) is 1.46. The zero-order chi connectivity index (χ0) is 16.9. The first-order valence-electron chi connectivity index (χ1n) is 7.39. The van der Waals surface area contributed by atoms with Crippen LogP contribution in [0.5, 0.6) is 0 Å². The lowest BCUT2D eigenvalue weighted by Crippen LogP contribution is -2.44. The minimum Gasteiger partial charge on any atom is -0.465 e. The Morgan fingerprint density at radius 1 is 1.48 bits per heavy atom. The van der Waals surface area contributed by atoms with Crippen LogP contribution in [0, 0.1) is 0 Å². The highest BCUT2D eigenvalue weighted by molar-refractivity contribution is 5.94. The van der Waals surface area contributed by atoms with Gasteiger partial charge < -0.3 is 20.0 Å². The fourth-order valence-electron chi connectivity index (χ4n) is 3.30. The van der Waals surface area contributed by atoms with Gasteiger partial charge in [-0.05, 0) is 6.92 Å². The number of halogens is 1. The number of alkyl halides is 1. The van der Waals surface area contributed by atoms with E-state index in [4.69, 9.17) is 0 Å². The SMILES string of the molecule is C[C@@H]1Cc2nn3c(c2CN1C(=O)O)C(=O)N(C)CC(F)(CO)C3. The number of nitrogens with zero attached hydrogens (tertiary/aromatic N) is 4. The number of fused-ring (bicyclic) bond motifs is 3. The molecule has 2 atom stereocenters. The summed E-state index contributed by atoms with van der Waals surface area (Å²) in [5, 5.41) is 22.9. The van der Waals surface area contributed by atoms with E-state index in [9.17, 15) is 24.2 Å². The Hall–Kier alpha value is -2.16. The Morgan fingerprint density at radius 2 is 2.17 bits per heavy atom. The number of aliphatic hydroxyl groups is 1. The van der Waals surface area contributed by atoms with E-state index in [1.54, 1.807) is 6.92 Å². The van der Waals surface area contributed by atoms with E-state index in [1.165, 1.54) is 21.5 Å². The Kier molecular flexibility index (Phi) is 3.55. The summed E-state index contributed by atoms with van der Waals surface area (Å²) < 4.78 is 16.0. The third-order valence-corrected chi connectivity index (χ3v) is 4.52. The van der Waals surface area contributed by atoms with Crippen molar-refractivity contribution in [2.75, 3.05) is 20.2 Å². The summed E-state index contributed by atoms with van der Waals surface area (Å²) in [5.74, 6) is -0.411. The molecule has 8 nitrogen and oxygen atoms in total. The predicted molar refractivity (Wildman–Crippen MR) is 76.8 cm³/mol. The maximum Gasteiger partial charge on any atom is 0.407 e. The Bertz CT molecular complexity index is 676. The molecule has 3 heterocycles. The van der Waals surface area contributed by atoms with Crippen LogP contribution in [0.3, 0.4) is 0 Å². The van der Waals surface area contributed by atoms with Crippen LogP contribution in [-0.2, 0) is 19.5 Å². The average Bonchev–Trinajstić information content (AvgIpc) is 2.76. The van der Waals surface area contributed by atoms with E-state index < -0.39 is 24.3 Å². The fraction of sp³-hybridized carbons (Fsp3) is 0.643. The summed E-state index contributed by atoms with van der Waals surface area (Å²) >= 11 is 0. The van der Waals surface area contributed by atoms with Gasteiger partial charge in [0.05, 0.1) is 31.9 Å². The topological polar surface area (TPSA) is 98.9 Å². The van der Waals surface area contributed by atoms with Crippen LogP contribution in [0.4, 0.5) is 9.18 Å². The molecule has 1 aromatic heterocycles. The van der Waals surface area contributed by atoms with Crippen LogP contribution < -0.4 is 0 Å². The smallest absolute Gasteiger partial charge is 0.407 e. The number of rotatable bonds is 1. The van der Waals surface area contributed by atoms with Gasteiger partial charge in [-0.15, -0.1) is 0 Å². The Morgan fingerprint density at radius 3 is 2.78 bits per heavy atom. The maximum atomic E-state index is 14.7. The molecule has 2 aliphatic rings. The molecule has 1 aromatic rings. The second kappa shape index (κ2) is 5.19. The van der Waals surface area contributed by atoms with Crippen LogP contribution in [0.25, 0.3) is 0 Å². The van der Waals surface area contributed by atoms with E-state index in [0.29, 0.717) is 17.7 Å². The lowest BCUT2D eigenvalue weighted by atomic mass is 10.00. The van der Waals surface area contributed by atoms with Crippen molar-refractivity contribution >= 4 is 12.0 Å². The quantitative estimate of drug-likeness (QED) is 0.762. The average molecular weight is 326 g/mol. The third-order valence-electron chi connectivity index (χ3n) is 4.52. The molecular formula is C14H19FN4O4. The monoisotopic (exact) mass is 326 g/mol. The molecule has 9 heteroatoms. The molecule has 23 heavy (non-hydrogen) atoms. The third kappa shape index (κ3) is 2.44. The number of carbonyl (C=O) groups is 2. The van der Waals surface area contributed by atoms with Gasteiger partial charge in [-0.2, -0.15) is 5.10 Å². The molecule has 0 aliphatic carbocycles. The molecule has 0 saturated heterocycles. The number of hydrogen-bond acceptors (Lipinski definition) is 4. The summed E-state index contributed by atoms with van der Waals surface area (Å²) in [5.41, 5.74) is -0.602. The van der Waals surface area contributed by atoms with Crippen molar-refractivity contribution in [3.63, 3.8) is 0 Å². The highest BCUT2D eigenvalue weighted by atomic mass is 19.1. The predicted octanol–water partition coefficient (Wildman–Crippen LogP) is 0.0939. The van der Waals surface area contributed by atoms with Gasteiger partial charge in [-0.3, -0.25) is 9.48 Å². The maximum absolute atomic E-state index is 14.7. The van der Waals surface area contributed by atoms with Crippen LogP contribution in [0.2, 0.25) is 0 Å². The van der Waals surface area contributed by atoms with Crippen LogP contribution >= 0.6 is 0 Å². The highest BCUT2D eigenvalue weighted by Crippen LogP contribution is 2.30. The number of amides is 2. The van der Waals surface area contributed by atoms with Gasteiger partial charge in [-0.1, -0.05) is 0 Å². The molecular weight excluding hydrogens is 307 g/mol.